The van der Waals surface area contributed by atoms with E-state index in [1.54, 1.807) is 6.92 Å². The lowest BCUT2D eigenvalue weighted by Crippen LogP contribution is -2.02. The topological polar surface area (TPSA) is 51.0 Å². The van der Waals surface area contributed by atoms with Crippen LogP contribution in [0.15, 0.2) is 58.8 Å². The lowest BCUT2D eigenvalue weighted by Gasteiger charge is -2.04. The van der Waals surface area contributed by atoms with Crippen LogP contribution in [0.3, 0.4) is 0 Å². The number of nitrogens with zero attached hydrogens (tertiary/aromatic N) is 2. The van der Waals surface area contributed by atoms with Crippen LogP contribution in [0.1, 0.15) is 18.9 Å². The third-order valence-corrected chi connectivity index (χ3v) is 2.87. The molecule has 0 heterocycles. The van der Waals surface area contributed by atoms with Gasteiger partial charge in [-0.15, -0.1) is 0 Å². The van der Waals surface area contributed by atoms with Crippen molar-refractivity contribution in [3.05, 3.63) is 54.1 Å². The maximum atomic E-state index is 10.8. The predicted molar refractivity (Wildman–Crippen MR) is 82.6 cm³/mol. The van der Waals surface area contributed by atoms with Gasteiger partial charge < -0.3 is 4.74 Å². The summed E-state index contributed by atoms with van der Waals surface area (Å²) in [6.07, 6.45) is 0.425. The molecule has 4 heteroatoms. The maximum Gasteiger partial charge on any atom is 0.133 e. The monoisotopic (exact) mass is 282 g/mol. The summed E-state index contributed by atoms with van der Waals surface area (Å²) in [5.41, 5.74) is 2.78. The van der Waals surface area contributed by atoms with Gasteiger partial charge in [-0.1, -0.05) is 17.7 Å². The van der Waals surface area contributed by atoms with Crippen LogP contribution in [0.2, 0.25) is 0 Å². The van der Waals surface area contributed by atoms with Gasteiger partial charge in [0, 0.05) is 6.42 Å². The van der Waals surface area contributed by atoms with Gasteiger partial charge in [0.1, 0.15) is 11.5 Å². The molecular formula is C17H18N2O2. The smallest absolute Gasteiger partial charge is 0.133 e. The van der Waals surface area contributed by atoms with E-state index in [1.165, 1.54) is 5.56 Å². The molecular weight excluding hydrogens is 264 g/mol. The zero-order chi connectivity index (χ0) is 15.1. The van der Waals surface area contributed by atoms with Crippen LogP contribution in [0.4, 0.5) is 11.4 Å². The van der Waals surface area contributed by atoms with Crippen LogP contribution >= 0.6 is 0 Å². The van der Waals surface area contributed by atoms with E-state index in [0.717, 1.165) is 17.1 Å². The molecule has 21 heavy (non-hydrogen) atoms. The zero-order valence-corrected chi connectivity index (χ0v) is 12.2. The highest BCUT2D eigenvalue weighted by Crippen LogP contribution is 2.21. The van der Waals surface area contributed by atoms with Gasteiger partial charge in [-0.3, -0.25) is 4.79 Å². The molecule has 0 spiro atoms. The first-order chi connectivity index (χ1) is 10.1. The molecule has 0 aromatic heterocycles. The fourth-order valence-corrected chi connectivity index (χ4v) is 1.65. The third kappa shape index (κ3) is 5.18. The van der Waals surface area contributed by atoms with Crippen LogP contribution in [0, 0.1) is 6.92 Å². The Kier molecular flexibility index (Phi) is 5.21. The summed E-state index contributed by atoms with van der Waals surface area (Å²) < 4.78 is 5.45. The zero-order valence-electron chi connectivity index (χ0n) is 12.2. The number of rotatable bonds is 6. The molecule has 2 aromatic rings. The van der Waals surface area contributed by atoms with Crippen molar-refractivity contribution in [2.45, 2.75) is 20.3 Å². The second kappa shape index (κ2) is 7.33. The molecule has 0 unspecified atom stereocenters. The Morgan fingerprint density at radius 3 is 2.00 bits per heavy atom. The molecule has 2 rings (SSSR count). The first-order valence-electron chi connectivity index (χ1n) is 6.84. The van der Waals surface area contributed by atoms with Crippen molar-refractivity contribution in [1.82, 2.24) is 0 Å². The van der Waals surface area contributed by atoms with Gasteiger partial charge in [-0.25, -0.2) is 0 Å². The summed E-state index contributed by atoms with van der Waals surface area (Å²) in [6.45, 7) is 3.99. The summed E-state index contributed by atoms with van der Waals surface area (Å²) in [5.74, 6) is 0.851. The molecule has 0 aliphatic rings. The first-order valence-corrected chi connectivity index (χ1v) is 6.84. The van der Waals surface area contributed by atoms with E-state index in [2.05, 4.69) is 10.2 Å². The molecule has 0 N–H and O–H groups in total. The lowest BCUT2D eigenvalue weighted by molar-refractivity contribution is -0.117. The highest BCUT2D eigenvalue weighted by molar-refractivity contribution is 5.75. The Hall–Kier alpha value is -2.49. The highest BCUT2D eigenvalue weighted by Gasteiger charge is 1.97. The Bertz CT molecular complexity index is 616. The van der Waals surface area contributed by atoms with Gasteiger partial charge in [0.2, 0.25) is 0 Å². The predicted octanol–water partition coefficient (Wildman–Crippen LogP) is 4.77. The summed E-state index contributed by atoms with van der Waals surface area (Å²) in [6, 6.07) is 15.2. The molecule has 0 amide bonds. The summed E-state index contributed by atoms with van der Waals surface area (Å²) in [5, 5.41) is 8.34. The van der Waals surface area contributed by atoms with Gasteiger partial charge in [0.25, 0.3) is 0 Å². The van der Waals surface area contributed by atoms with Gasteiger partial charge in [-0.05, 0) is 50.2 Å². The van der Waals surface area contributed by atoms with Crippen molar-refractivity contribution < 1.29 is 9.53 Å². The number of ether oxygens (including phenoxy) is 1. The molecule has 0 saturated heterocycles. The minimum absolute atomic E-state index is 0.124. The summed E-state index contributed by atoms with van der Waals surface area (Å²) in [7, 11) is 0. The van der Waals surface area contributed by atoms with Crippen molar-refractivity contribution in [2.24, 2.45) is 10.2 Å². The molecule has 0 atom stereocenters. The average Bonchev–Trinajstić information content (AvgIpc) is 2.48. The largest absolute Gasteiger partial charge is 0.493 e. The van der Waals surface area contributed by atoms with Gasteiger partial charge in [0.15, 0.2) is 0 Å². The Balaban J connectivity index is 1.92. The Labute approximate surface area is 124 Å². The van der Waals surface area contributed by atoms with E-state index in [9.17, 15) is 4.79 Å². The second-order valence-electron chi connectivity index (χ2n) is 4.83. The fourth-order valence-electron chi connectivity index (χ4n) is 1.65. The molecule has 0 fully saturated rings. The molecule has 108 valence electrons. The molecule has 0 aliphatic heterocycles. The third-order valence-electron chi connectivity index (χ3n) is 2.87. The Morgan fingerprint density at radius 2 is 1.48 bits per heavy atom. The number of carbonyl (C=O) groups excluding carboxylic acids is 1. The van der Waals surface area contributed by atoms with E-state index in [1.807, 2.05) is 55.5 Å². The molecule has 0 aliphatic carbocycles. The second-order valence-corrected chi connectivity index (χ2v) is 4.83. The fraction of sp³-hybridized carbons (Fsp3) is 0.235. The standard InChI is InChI=1S/C17H18N2O2/c1-13-3-5-15(6-4-13)18-19-16-7-9-17(10-8-16)21-12-11-14(2)20/h3-10H,11-12H2,1-2H3/b19-18+. The number of ketones is 1. The van der Waals surface area contributed by atoms with Crippen molar-refractivity contribution in [3.63, 3.8) is 0 Å². The number of Topliss-reactive ketones (excluding diaryl/α,β-unsaturated/α-hetero) is 1. The van der Waals surface area contributed by atoms with Gasteiger partial charge in [0.05, 0.1) is 18.0 Å². The molecule has 0 radical (unpaired) electrons. The molecule has 2 aromatic carbocycles. The van der Waals surface area contributed by atoms with Crippen molar-refractivity contribution in [1.29, 1.82) is 0 Å². The number of azo groups is 1. The number of hydrogen-bond acceptors (Lipinski definition) is 4. The van der Waals surface area contributed by atoms with Crippen molar-refractivity contribution in [2.75, 3.05) is 6.61 Å². The van der Waals surface area contributed by atoms with E-state index >= 15 is 0 Å². The van der Waals surface area contributed by atoms with Crippen molar-refractivity contribution >= 4 is 17.2 Å². The minimum Gasteiger partial charge on any atom is -0.493 e. The summed E-state index contributed by atoms with van der Waals surface area (Å²) >= 11 is 0. The van der Waals surface area contributed by atoms with E-state index in [0.29, 0.717) is 13.0 Å². The molecule has 4 nitrogen and oxygen atoms in total. The number of carbonyl (C=O) groups is 1. The maximum absolute atomic E-state index is 10.8. The average molecular weight is 282 g/mol. The summed E-state index contributed by atoms with van der Waals surface area (Å²) in [4.78, 5) is 10.8. The molecule has 0 saturated carbocycles. The first kappa shape index (κ1) is 14.9. The van der Waals surface area contributed by atoms with Gasteiger partial charge >= 0.3 is 0 Å². The quantitative estimate of drug-likeness (QED) is 0.717. The van der Waals surface area contributed by atoms with Crippen LogP contribution in [-0.4, -0.2) is 12.4 Å². The van der Waals surface area contributed by atoms with E-state index in [4.69, 9.17) is 4.74 Å². The highest BCUT2D eigenvalue weighted by atomic mass is 16.5. The number of benzene rings is 2. The Morgan fingerprint density at radius 1 is 0.952 bits per heavy atom. The van der Waals surface area contributed by atoms with Crippen molar-refractivity contribution in [3.8, 4) is 5.75 Å². The van der Waals surface area contributed by atoms with E-state index < -0.39 is 0 Å². The number of aryl methyl sites for hydroxylation is 1. The lowest BCUT2D eigenvalue weighted by atomic mass is 10.2. The van der Waals surface area contributed by atoms with E-state index in [-0.39, 0.29) is 5.78 Å². The van der Waals surface area contributed by atoms with Crippen LogP contribution in [0.25, 0.3) is 0 Å². The minimum atomic E-state index is 0.124. The van der Waals surface area contributed by atoms with Crippen LogP contribution in [-0.2, 0) is 4.79 Å². The number of hydrogen-bond donors (Lipinski definition) is 0. The normalized spacial score (nSPS) is 10.8. The molecule has 0 bridgehead atoms. The SMILES string of the molecule is CC(=O)CCOc1ccc(/N=N/c2ccc(C)cc2)cc1. The van der Waals surface area contributed by atoms with Gasteiger partial charge in [-0.2, -0.15) is 10.2 Å². The van der Waals surface area contributed by atoms with Crippen LogP contribution in [0.5, 0.6) is 5.75 Å². The van der Waals surface area contributed by atoms with Crippen LogP contribution < -0.4 is 4.74 Å².